The summed E-state index contributed by atoms with van der Waals surface area (Å²) in [5.74, 6) is -165. The Morgan fingerprint density at radius 3 is 0.703 bits per heavy atom. The van der Waals surface area contributed by atoms with Gasteiger partial charge in [0.2, 0.25) is 6.33 Å². The van der Waals surface area contributed by atoms with Gasteiger partial charge in [-0.3, -0.25) is 0 Å². The lowest BCUT2D eigenvalue weighted by atomic mass is 9.82. The molecule has 0 saturated carbocycles. The summed E-state index contributed by atoms with van der Waals surface area (Å²) in [6.07, 6.45) is -10.4. The van der Waals surface area contributed by atoms with E-state index in [2.05, 4.69) is 0 Å². The summed E-state index contributed by atoms with van der Waals surface area (Å²) >= 11 is 0. The molecule has 0 aliphatic heterocycles. The Morgan fingerprint density at radius 2 is 0.516 bits per heavy atom. The first-order valence-electron chi connectivity index (χ1n) is 14.7. The van der Waals surface area contributed by atoms with Crippen molar-refractivity contribution < 1.29 is 167 Å². The number of alkyl halides is 37. The van der Waals surface area contributed by atoms with Crippen LogP contribution in [0.25, 0.3) is 0 Å². The smallest absolute Gasteiger partial charge is 0.240 e. The van der Waals surface area contributed by atoms with Crippen molar-refractivity contribution in [3.8, 4) is 0 Å². The van der Waals surface area contributed by atoms with Crippen LogP contribution < -0.4 is 4.57 Å². The normalized spacial score (nSPS) is 16.8. The van der Waals surface area contributed by atoms with Crippen LogP contribution in [0, 0.1) is 0 Å². The fraction of sp³-hybridized carbons (Fsp3) is 0.880. The zero-order valence-electron chi connectivity index (χ0n) is 28.7. The van der Waals surface area contributed by atoms with Gasteiger partial charge in [-0.05, 0) is 6.42 Å². The summed E-state index contributed by atoms with van der Waals surface area (Å²) in [5, 5.41) is 0. The van der Waals surface area contributed by atoms with Crippen molar-refractivity contribution in [3.05, 3.63) is 18.7 Å². The van der Waals surface area contributed by atoms with Gasteiger partial charge in [-0.15, -0.1) is 0 Å². The third kappa shape index (κ3) is 7.10. The molecule has 0 amide bonds. The highest BCUT2D eigenvalue weighted by Crippen LogP contribution is 2.70. The van der Waals surface area contributed by atoms with E-state index in [9.17, 15) is 162 Å². The van der Waals surface area contributed by atoms with E-state index in [4.69, 9.17) is 0 Å². The highest BCUT2D eigenvalue weighted by Gasteiger charge is 3.02. The van der Waals surface area contributed by atoms with Crippen LogP contribution >= 0.6 is 0 Å². The van der Waals surface area contributed by atoms with E-state index in [0.29, 0.717) is 4.57 Å². The van der Waals surface area contributed by atoms with Gasteiger partial charge >= 0.3 is 107 Å². The van der Waals surface area contributed by atoms with E-state index in [0.717, 1.165) is 30.3 Å². The van der Waals surface area contributed by atoms with E-state index in [1.807, 2.05) is 0 Å². The lowest BCUT2D eigenvalue weighted by Gasteiger charge is -2.47. The van der Waals surface area contributed by atoms with Crippen LogP contribution in [0.5, 0.6) is 0 Å². The minimum absolute atomic E-state index is 0.668. The number of hydrogen-bond acceptors (Lipinski definition) is 0. The van der Waals surface area contributed by atoms with Crippen molar-refractivity contribution in [3.63, 3.8) is 0 Å². The summed E-state index contributed by atoms with van der Waals surface area (Å²) in [4.78, 5) is 0. The second-order valence-corrected chi connectivity index (χ2v) is 12.8. The van der Waals surface area contributed by atoms with E-state index in [1.54, 1.807) is 0 Å². The van der Waals surface area contributed by atoms with Crippen molar-refractivity contribution in [1.82, 2.24) is 4.57 Å². The maximum Gasteiger partial charge on any atom is 0.460 e. The molecule has 1 aromatic heterocycles. The van der Waals surface area contributed by atoms with Crippen LogP contribution in [0.15, 0.2) is 18.7 Å². The molecule has 0 N–H and O–H groups in total. The highest BCUT2D eigenvalue weighted by atomic mass is 19.4. The largest absolute Gasteiger partial charge is 0.460 e. The summed E-state index contributed by atoms with van der Waals surface area (Å²) in [6.45, 7) is -1.07. The molecule has 64 heavy (non-hydrogen) atoms. The average Bonchev–Trinajstić information content (AvgIpc) is 3.50. The van der Waals surface area contributed by atoms with Gasteiger partial charge in [0.15, 0.2) is 0 Å². The lowest BCUT2D eigenvalue weighted by molar-refractivity contribution is -0.671. The Bertz CT molecular complexity index is 1810. The molecule has 1 heterocycles. The van der Waals surface area contributed by atoms with E-state index >= 15 is 0 Å². The summed E-state index contributed by atoms with van der Waals surface area (Å²) < 4.78 is 510. The number of hydrogen-bond donors (Lipinski definition) is 0. The molecule has 0 aliphatic carbocycles. The topological polar surface area (TPSA) is 8.81 Å². The molecule has 1 rings (SSSR count). The average molecular weight is 1040 g/mol. The Kier molecular flexibility index (Phi) is 13.8. The third-order valence-corrected chi connectivity index (χ3v) is 8.46. The zero-order valence-corrected chi connectivity index (χ0v) is 28.7. The number of aromatic nitrogens is 2. The van der Waals surface area contributed by atoms with Gasteiger partial charge in [-0.2, -0.15) is 162 Å². The monoisotopic (exact) mass is 1040 g/mol. The number of imidazole rings is 1. The van der Waals surface area contributed by atoms with Crippen molar-refractivity contribution in [2.45, 2.75) is 126 Å². The van der Waals surface area contributed by atoms with E-state index in [-0.39, 0.29) is 0 Å². The Labute approximate surface area is 324 Å². The Balaban J connectivity index is 3.97. The molecule has 0 aliphatic rings. The van der Waals surface area contributed by atoms with Crippen LogP contribution in [0.4, 0.5) is 162 Å². The predicted molar refractivity (Wildman–Crippen MR) is 125 cm³/mol. The number of rotatable bonds is 20. The molecule has 0 atom stereocenters. The van der Waals surface area contributed by atoms with Crippen LogP contribution in [-0.4, -0.2) is 111 Å². The molecule has 0 radical (unpaired) electrons. The van der Waals surface area contributed by atoms with E-state index in [1.165, 1.54) is 0 Å². The number of nitrogens with zero attached hydrogens (tertiary/aromatic N) is 2. The van der Waals surface area contributed by atoms with Gasteiger partial charge in [0.1, 0.15) is 12.4 Å². The van der Waals surface area contributed by atoms with Crippen molar-refractivity contribution in [2.24, 2.45) is 7.05 Å². The standard InChI is InChI=1S/C25H12F37N2/c1-63-5-6-64(7-63)4-2-3-8(26,27)9(28,29)10(30,31)11(32,33)12(34,35)13(36,37)14(38,39)15(40,41)16(42,43)17(44,45)18(46,47)19(48,49)20(50,51)21(52,53)22(54,55)23(56,57)24(58,59)25(60,61)62/h5-7H,2-4H2,1H3/q+1. The van der Waals surface area contributed by atoms with Crippen molar-refractivity contribution >= 4 is 0 Å². The zero-order chi connectivity index (χ0) is 52.4. The highest BCUT2D eigenvalue weighted by molar-refractivity contribution is 5.23. The quantitative estimate of drug-likeness (QED) is 0.0909. The molecule has 2 nitrogen and oxygen atoms in total. The second kappa shape index (κ2) is 15.1. The molecule has 380 valence electrons. The van der Waals surface area contributed by atoms with Gasteiger partial charge in [0.05, 0.1) is 13.6 Å². The van der Waals surface area contributed by atoms with Crippen LogP contribution in [0.1, 0.15) is 12.8 Å². The Morgan fingerprint density at radius 1 is 0.312 bits per heavy atom. The second-order valence-electron chi connectivity index (χ2n) is 12.8. The van der Waals surface area contributed by atoms with Gasteiger partial charge < -0.3 is 0 Å². The number of halogens is 37. The maximum atomic E-state index is 14.1. The molecule has 1 aromatic rings. The molecule has 0 spiro atoms. The first-order valence-corrected chi connectivity index (χ1v) is 14.7. The maximum absolute atomic E-state index is 14.1. The first kappa shape index (κ1) is 58.6. The first-order chi connectivity index (χ1) is 27.2. The molecule has 39 heteroatoms. The minimum atomic E-state index is -10.4. The number of aryl methyl sites for hydroxylation is 2. The van der Waals surface area contributed by atoms with Crippen molar-refractivity contribution in [2.75, 3.05) is 0 Å². The minimum Gasteiger partial charge on any atom is -0.240 e. The summed E-state index contributed by atoms with van der Waals surface area (Å²) in [5.41, 5.74) is 0. The fourth-order valence-electron chi connectivity index (χ4n) is 4.44. The summed E-state index contributed by atoms with van der Waals surface area (Å²) in [7, 11) is 1.15. The summed E-state index contributed by atoms with van der Waals surface area (Å²) in [6, 6.07) is 0. The lowest BCUT2D eigenvalue weighted by Crippen LogP contribution is -2.80. The van der Waals surface area contributed by atoms with Crippen LogP contribution in [0.3, 0.4) is 0 Å². The predicted octanol–water partition coefficient (Wildman–Crippen LogP) is 12.5. The molecule has 0 aromatic carbocycles. The SMILES string of the molecule is C[n+]1ccn(CCCC(F)(F)C(F)(F)C(F)(F)C(F)(F)C(F)(F)C(F)(F)C(F)(F)C(F)(F)C(F)(F)C(F)(F)C(F)(F)C(F)(F)C(F)(F)C(F)(F)C(F)(F)C(F)(F)C(F)(F)C(F)(F)F)c1. The van der Waals surface area contributed by atoms with Crippen LogP contribution in [0.2, 0.25) is 0 Å². The van der Waals surface area contributed by atoms with Crippen LogP contribution in [-0.2, 0) is 13.6 Å². The molecular weight excluding hydrogens is 1030 g/mol. The molecule has 0 unspecified atom stereocenters. The Hall–Kier alpha value is -3.38. The third-order valence-electron chi connectivity index (χ3n) is 8.46. The molecular formula is C25H12F37N2+. The van der Waals surface area contributed by atoms with Gasteiger partial charge in [0.25, 0.3) is 0 Å². The molecule has 0 bridgehead atoms. The molecule has 0 saturated heterocycles. The van der Waals surface area contributed by atoms with Gasteiger partial charge in [-0.25, -0.2) is 9.13 Å². The van der Waals surface area contributed by atoms with Crippen molar-refractivity contribution in [1.29, 1.82) is 0 Å². The fourth-order valence-corrected chi connectivity index (χ4v) is 4.44. The molecule has 0 fully saturated rings. The van der Waals surface area contributed by atoms with Gasteiger partial charge in [-0.1, -0.05) is 0 Å². The van der Waals surface area contributed by atoms with Gasteiger partial charge in [0, 0.05) is 6.42 Å². The van der Waals surface area contributed by atoms with E-state index < -0.39 is 126 Å².